The SMILES string of the molecule is COc1ccc2c3c1O[C@H]1[C@@]4(OC)C=C[C@]5(C(C2)N(C)CC[C@]315)N(C(=O)c1ccccc1)O4. The van der Waals surface area contributed by atoms with Gasteiger partial charge in [-0.1, -0.05) is 30.3 Å². The Morgan fingerprint density at radius 1 is 1.12 bits per heavy atom. The van der Waals surface area contributed by atoms with Crippen LogP contribution in [0.3, 0.4) is 0 Å². The van der Waals surface area contributed by atoms with Gasteiger partial charge in [-0.3, -0.25) is 4.79 Å². The molecule has 1 amide bonds. The Morgan fingerprint density at radius 2 is 1.94 bits per heavy atom. The van der Waals surface area contributed by atoms with Crippen molar-refractivity contribution in [3.8, 4) is 11.5 Å². The molecule has 7 nitrogen and oxygen atoms in total. The number of rotatable bonds is 3. The van der Waals surface area contributed by atoms with Crippen molar-refractivity contribution in [1.82, 2.24) is 9.96 Å². The average Bonchev–Trinajstić information content (AvgIpc) is 3.23. The van der Waals surface area contributed by atoms with E-state index in [0.29, 0.717) is 11.3 Å². The van der Waals surface area contributed by atoms with Crippen LogP contribution in [0.2, 0.25) is 0 Å². The Balaban J connectivity index is 1.55. The second kappa shape index (κ2) is 6.17. The first-order valence-corrected chi connectivity index (χ1v) is 11.4. The summed E-state index contributed by atoms with van der Waals surface area (Å²) in [5.74, 6) is 0.0803. The van der Waals surface area contributed by atoms with E-state index >= 15 is 0 Å². The molecule has 170 valence electrons. The molecule has 0 saturated carbocycles. The highest BCUT2D eigenvalue weighted by Crippen LogP contribution is 2.70. The summed E-state index contributed by atoms with van der Waals surface area (Å²) < 4.78 is 18.5. The molecule has 0 radical (unpaired) electrons. The number of benzene rings is 2. The summed E-state index contributed by atoms with van der Waals surface area (Å²) in [5.41, 5.74) is 1.74. The van der Waals surface area contributed by atoms with Crippen LogP contribution < -0.4 is 9.47 Å². The first-order chi connectivity index (χ1) is 16.0. The van der Waals surface area contributed by atoms with Crippen molar-refractivity contribution in [2.45, 2.75) is 41.7 Å². The van der Waals surface area contributed by atoms with Crippen LogP contribution in [0.15, 0.2) is 54.6 Å². The molecule has 33 heavy (non-hydrogen) atoms. The van der Waals surface area contributed by atoms with Gasteiger partial charge in [-0.25, -0.2) is 9.90 Å². The van der Waals surface area contributed by atoms with Crippen LogP contribution in [0.1, 0.15) is 27.9 Å². The maximum Gasteiger partial charge on any atom is 0.278 e. The van der Waals surface area contributed by atoms with Crippen LogP contribution in [-0.2, 0) is 21.4 Å². The number of carbonyl (C=O) groups is 1. The molecule has 1 unspecified atom stereocenters. The Labute approximate surface area is 192 Å². The van der Waals surface area contributed by atoms with E-state index in [0.717, 1.165) is 30.7 Å². The van der Waals surface area contributed by atoms with Gasteiger partial charge in [-0.15, -0.1) is 0 Å². The lowest BCUT2D eigenvalue weighted by atomic mass is 9.47. The molecule has 2 aromatic carbocycles. The lowest BCUT2D eigenvalue weighted by Gasteiger charge is -2.70. The van der Waals surface area contributed by atoms with Gasteiger partial charge in [-0.2, -0.15) is 0 Å². The van der Waals surface area contributed by atoms with Gasteiger partial charge in [0.25, 0.3) is 11.7 Å². The zero-order chi connectivity index (χ0) is 22.6. The number of piperidine rings is 1. The zero-order valence-corrected chi connectivity index (χ0v) is 18.9. The highest BCUT2D eigenvalue weighted by Gasteiger charge is 2.81. The number of likely N-dealkylation sites (tertiary alicyclic amines) is 1. The number of nitrogens with zero attached hydrogens (tertiary/aromatic N) is 2. The molecule has 4 aliphatic heterocycles. The minimum atomic E-state index is -1.22. The number of fused-ring (bicyclic) bond motifs is 1. The molecule has 5 atom stereocenters. The van der Waals surface area contributed by atoms with Crippen molar-refractivity contribution >= 4 is 5.91 Å². The smallest absolute Gasteiger partial charge is 0.278 e. The van der Waals surface area contributed by atoms with E-state index in [1.54, 1.807) is 19.3 Å². The van der Waals surface area contributed by atoms with Crippen LogP contribution >= 0.6 is 0 Å². The second-order valence-corrected chi connectivity index (χ2v) is 9.69. The Morgan fingerprint density at radius 3 is 2.70 bits per heavy atom. The first-order valence-electron chi connectivity index (χ1n) is 11.4. The number of hydrogen-bond donors (Lipinski definition) is 0. The van der Waals surface area contributed by atoms with Gasteiger partial charge in [0, 0.05) is 24.3 Å². The van der Waals surface area contributed by atoms with Crippen LogP contribution in [0.25, 0.3) is 0 Å². The minimum absolute atomic E-state index is 0.0308. The summed E-state index contributed by atoms with van der Waals surface area (Å²) in [5, 5.41) is 1.61. The van der Waals surface area contributed by atoms with E-state index in [4.69, 9.17) is 19.0 Å². The second-order valence-electron chi connectivity index (χ2n) is 9.69. The molecule has 4 heterocycles. The van der Waals surface area contributed by atoms with Gasteiger partial charge >= 0.3 is 0 Å². The number of carbonyl (C=O) groups excluding carboxylic acids is 1. The van der Waals surface area contributed by atoms with E-state index in [1.165, 1.54) is 5.56 Å². The van der Waals surface area contributed by atoms with Crippen molar-refractivity contribution in [2.75, 3.05) is 27.8 Å². The fourth-order valence-electron chi connectivity index (χ4n) is 7.24. The number of ether oxygens (including phenoxy) is 3. The third-order valence-corrected chi connectivity index (χ3v) is 8.61. The van der Waals surface area contributed by atoms with E-state index < -0.39 is 22.8 Å². The average molecular weight is 447 g/mol. The monoisotopic (exact) mass is 446 g/mol. The fourth-order valence-corrected chi connectivity index (χ4v) is 7.24. The van der Waals surface area contributed by atoms with Crippen molar-refractivity contribution in [1.29, 1.82) is 0 Å². The molecule has 4 bridgehead atoms. The predicted octanol–water partition coefficient (Wildman–Crippen LogP) is 2.69. The summed E-state index contributed by atoms with van der Waals surface area (Å²) in [6, 6.07) is 13.5. The van der Waals surface area contributed by atoms with Gasteiger partial charge in [-0.05, 0) is 56.3 Å². The normalized spacial score (nSPS) is 37.0. The third kappa shape index (κ3) is 1.98. The van der Waals surface area contributed by atoms with Gasteiger partial charge in [0.1, 0.15) is 5.54 Å². The van der Waals surface area contributed by atoms with Crippen LogP contribution in [0, 0.1) is 0 Å². The largest absolute Gasteiger partial charge is 0.493 e. The Hall–Kier alpha value is -2.87. The van der Waals surface area contributed by atoms with Gasteiger partial charge in [0.2, 0.25) is 0 Å². The summed E-state index contributed by atoms with van der Waals surface area (Å²) in [6.07, 6.45) is 5.29. The summed E-state index contributed by atoms with van der Waals surface area (Å²) in [4.78, 5) is 22.9. The quantitative estimate of drug-likeness (QED) is 0.676. The zero-order valence-electron chi connectivity index (χ0n) is 18.9. The highest BCUT2D eigenvalue weighted by atomic mass is 16.8. The molecule has 0 N–H and O–H groups in total. The molecule has 8 rings (SSSR count). The molecule has 7 heteroatoms. The molecular weight excluding hydrogens is 420 g/mol. The van der Waals surface area contributed by atoms with Gasteiger partial charge in [0.05, 0.1) is 12.5 Å². The fraction of sp³-hybridized carbons (Fsp3) is 0.423. The molecule has 2 aliphatic carbocycles. The summed E-state index contributed by atoms with van der Waals surface area (Å²) in [7, 11) is 5.42. The number of likely N-dealkylation sites (N-methyl/N-ethyl adjacent to an activating group) is 1. The standard InChI is InChI=1S/C26H26N2O5/c1-27-14-13-24-20-17-9-10-18(30-2)21(20)32-23(24)26(31-3)12-11-25(24,19(27)15-17)28(33-26)22(29)16-7-5-4-6-8-16/h4-12,19,23H,13-15H2,1-3H3/t19?,23-,24+,25-,26-/m1/s1. The molecule has 6 aliphatic rings. The van der Waals surface area contributed by atoms with Gasteiger partial charge in [0.15, 0.2) is 17.6 Å². The molecular formula is C26H26N2O5. The number of amides is 1. The maximum absolute atomic E-state index is 14.0. The van der Waals surface area contributed by atoms with Crippen molar-refractivity contribution in [2.24, 2.45) is 0 Å². The van der Waals surface area contributed by atoms with E-state index in [9.17, 15) is 4.79 Å². The molecule has 0 aromatic heterocycles. The van der Waals surface area contributed by atoms with Crippen LogP contribution in [0.5, 0.6) is 11.5 Å². The maximum atomic E-state index is 14.0. The lowest BCUT2D eigenvalue weighted by Crippen LogP contribution is -2.87. The van der Waals surface area contributed by atoms with E-state index in [2.05, 4.69) is 24.1 Å². The lowest BCUT2D eigenvalue weighted by molar-refractivity contribution is -0.409. The summed E-state index contributed by atoms with van der Waals surface area (Å²) in [6.45, 7) is 0.892. The highest BCUT2D eigenvalue weighted by molar-refractivity contribution is 5.95. The van der Waals surface area contributed by atoms with Crippen molar-refractivity contribution in [3.63, 3.8) is 0 Å². The number of hydrogen-bond acceptors (Lipinski definition) is 6. The minimum Gasteiger partial charge on any atom is -0.493 e. The molecule has 2 aromatic rings. The number of methoxy groups -OCH3 is 2. The van der Waals surface area contributed by atoms with Gasteiger partial charge < -0.3 is 19.1 Å². The summed E-state index contributed by atoms with van der Waals surface area (Å²) >= 11 is 0. The third-order valence-electron chi connectivity index (χ3n) is 8.61. The van der Waals surface area contributed by atoms with Crippen LogP contribution in [-0.4, -0.2) is 67.2 Å². The Bertz CT molecular complexity index is 1210. The van der Waals surface area contributed by atoms with E-state index in [-0.39, 0.29) is 11.9 Å². The predicted molar refractivity (Wildman–Crippen MR) is 119 cm³/mol. The van der Waals surface area contributed by atoms with Crippen LogP contribution in [0.4, 0.5) is 0 Å². The van der Waals surface area contributed by atoms with E-state index in [1.807, 2.05) is 42.5 Å². The molecule has 2 saturated heterocycles. The molecule has 2 fully saturated rings. The van der Waals surface area contributed by atoms with Crippen molar-refractivity contribution < 1.29 is 23.8 Å². The van der Waals surface area contributed by atoms with Crippen molar-refractivity contribution in [3.05, 3.63) is 71.3 Å². The Kier molecular flexibility index (Phi) is 3.66. The number of hydroxylamine groups is 2. The topological polar surface area (TPSA) is 60.5 Å². The first kappa shape index (κ1) is 19.6. The molecule has 2 spiro atoms.